The van der Waals surface area contributed by atoms with Crippen LogP contribution in [0.5, 0.6) is 5.75 Å². The Morgan fingerprint density at radius 3 is 2.79 bits per heavy atom. The highest BCUT2D eigenvalue weighted by atomic mass is 79.9. The molecule has 3 aromatic carbocycles. The third kappa shape index (κ3) is 3.99. The number of methoxy groups -OCH3 is 1. The van der Waals surface area contributed by atoms with E-state index in [-0.39, 0.29) is 11.5 Å². The number of nitrogens with one attached hydrogen (secondary N) is 2. The summed E-state index contributed by atoms with van der Waals surface area (Å²) in [4.78, 5) is 32.5. The highest BCUT2D eigenvalue weighted by molar-refractivity contribution is 9.10. The van der Waals surface area contributed by atoms with Gasteiger partial charge in [0.2, 0.25) is 5.58 Å². The van der Waals surface area contributed by atoms with Crippen molar-refractivity contribution in [2.24, 2.45) is 0 Å². The first-order chi connectivity index (χ1) is 15.9. The van der Waals surface area contributed by atoms with Gasteiger partial charge in [-0.2, -0.15) is 0 Å². The van der Waals surface area contributed by atoms with E-state index in [1.165, 1.54) is 7.11 Å². The molecule has 1 amide bonds. The second-order valence-corrected chi connectivity index (χ2v) is 8.54. The first-order valence-corrected chi connectivity index (χ1v) is 11.0. The van der Waals surface area contributed by atoms with Gasteiger partial charge in [0, 0.05) is 26.7 Å². The molecule has 2 heterocycles. The number of carbonyl (C=O) groups excluding carboxylic acids is 1. The van der Waals surface area contributed by atoms with Crippen molar-refractivity contribution in [3.05, 3.63) is 86.1 Å². The number of aromatic nitrogens is 2. The maximum atomic E-state index is 12.6. The molecule has 0 fully saturated rings. The third-order valence-electron chi connectivity index (χ3n) is 5.10. The summed E-state index contributed by atoms with van der Waals surface area (Å²) >= 11 is 9.93. The highest BCUT2D eigenvalue weighted by Gasteiger charge is 2.16. The summed E-state index contributed by atoms with van der Waals surface area (Å²) < 4.78 is 11.7. The van der Waals surface area contributed by atoms with Crippen LogP contribution < -0.4 is 15.6 Å². The predicted molar refractivity (Wildman–Crippen MR) is 131 cm³/mol. The van der Waals surface area contributed by atoms with Gasteiger partial charge in [-0.25, -0.2) is 4.98 Å². The van der Waals surface area contributed by atoms with E-state index in [1.54, 1.807) is 48.5 Å². The van der Waals surface area contributed by atoms with Crippen LogP contribution in [0.2, 0.25) is 5.02 Å². The molecule has 33 heavy (non-hydrogen) atoms. The fraction of sp³-hybridized carbons (Fsp3) is 0.0417. The molecule has 0 radical (unpaired) electrons. The van der Waals surface area contributed by atoms with Gasteiger partial charge in [0.25, 0.3) is 11.5 Å². The normalized spacial score (nSPS) is 11.1. The molecular weight excluding hydrogens is 510 g/mol. The monoisotopic (exact) mass is 523 g/mol. The third-order valence-corrected chi connectivity index (χ3v) is 5.91. The molecule has 0 unspecified atom stereocenters. The SMILES string of the molecule is COc1cccc(C(=O)Nc2ccc(-c3nc4c(oc5ccc(Br)cc54)c(=O)[nH]3)c(Cl)c2)c1. The summed E-state index contributed by atoms with van der Waals surface area (Å²) in [6.45, 7) is 0. The summed E-state index contributed by atoms with van der Waals surface area (Å²) in [6.07, 6.45) is 0. The topological polar surface area (TPSA) is 97.2 Å². The molecule has 7 nitrogen and oxygen atoms in total. The Labute approximate surface area is 200 Å². The Morgan fingerprint density at radius 2 is 2.00 bits per heavy atom. The number of anilines is 1. The molecule has 5 aromatic rings. The van der Waals surface area contributed by atoms with Crippen LogP contribution in [0.3, 0.4) is 0 Å². The van der Waals surface area contributed by atoms with Crippen molar-refractivity contribution in [2.75, 3.05) is 12.4 Å². The maximum Gasteiger partial charge on any atom is 0.294 e. The lowest BCUT2D eigenvalue weighted by atomic mass is 10.1. The number of hydrogen-bond donors (Lipinski definition) is 2. The van der Waals surface area contributed by atoms with E-state index in [0.29, 0.717) is 49.9 Å². The minimum Gasteiger partial charge on any atom is -0.497 e. The number of ether oxygens (including phenoxy) is 1. The number of nitrogens with zero attached hydrogens (tertiary/aromatic N) is 1. The Balaban J connectivity index is 1.50. The zero-order chi connectivity index (χ0) is 23.1. The summed E-state index contributed by atoms with van der Waals surface area (Å²) in [5.41, 5.74) is 2.20. The van der Waals surface area contributed by atoms with Crippen LogP contribution in [-0.2, 0) is 0 Å². The molecule has 0 atom stereocenters. The number of furan rings is 1. The van der Waals surface area contributed by atoms with E-state index in [9.17, 15) is 9.59 Å². The maximum absolute atomic E-state index is 12.6. The molecule has 0 saturated carbocycles. The number of aromatic amines is 1. The average Bonchev–Trinajstić information content (AvgIpc) is 3.17. The van der Waals surface area contributed by atoms with Gasteiger partial charge >= 0.3 is 0 Å². The van der Waals surface area contributed by atoms with Crippen molar-refractivity contribution in [3.63, 3.8) is 0 Å². The van der Waals surface area contributed by atoms with Gasteiger partial charge < -0.3 is 19.5 Å². The van der Waals surface area contributed by atoms with Crippen LogP contribution in [0, 0.1) is 0 Å². The van der Waals surface area contributed by atoms with Crippen LogP contribution in [-0.4, -0.2) is 23.0 Å². The number of benzene rings is 3. The van der Waals surface area contributed by atoms with Crippen molar-refractivity contribution in [2.45, 2.75) is 0 Å². The van der Waals surface area contributed by atoms with Crippen LogP contribution in [0.15, 0.2) is 74.3 Å². The Morgan fingerprint density at radius 1 is 1.15 bits per heavy atom. The van der Waals surface area contributed by atoms with Crippen molar-refractivity contribution in [3.8, 4) is 17.1 Å². The average molecular weight is 525 g/mol. The molecule has 2 aromatic heterocycles. The molecule has 2 N–H and O–H groups in total. The molecule has 0 aliphatic rings. The minimum atomic E-state index is -0.409. The fourth-order valence-corrected chi connectivity index (χ4v) is 4.14. The van der Waals surface area contributed by atoms with Gasteiger partial charge in [0.05, 0.1) is 12.1 Å². The fourth-order valence-electron chi connectivity index (χ4n) is 3.51. The molecule has 9 heteroatoms. The van der Waals surface area contributed by atoms with Crippen LogP contribution in [0.4, 0.5) is 5.69 Å². The number of amides is 1. The van der Waals surface area contributed by atoms with E-state index in [4.69, 9.17) is 20.8 Å². The van der Waals surface area contributed by atoms with Gasteiger partial charge in [-0.15, -0.1) is 0 Å². The number of halogens is 2. The van der Waals surface area contributed by atoms with Gasteiger partial charge in [-0.1, -0.05) is 33.6 Å². The molecule has 0 spiro atoms. The number of carbonyl (C=O) groups is 1. The first-order valence-electron chi connectivity index (χ1n) is 9.80. The van der Waals surface area contributed by atoms with E-state index < -0.39 is 5.56 Å². The minimum absolute atomic E-state index is 0.144. The van der Waals surface area contributed by atoms with Crippen molar-refractivity contribution in [1.82, 2.24) is 9.97 Å². The van der Waals surface area contributed by atoms with Crippen LogP contribution >= 0.6 is 27.5 Å². The Hall–Kier alpha value is -3.62. The number of fused-ring (bicyclic) bond motifs is 3. The lowest BCUT2D eigenvalue weighted by Gasteiger charge is -2.09. The lowest BCUT2D eigenvalue weighted by molar-refractivity contribution is 0.102. The number of H-pyrrole nitrogens is 1. The van der Waals surface area contributed by atoms with E-state index >= 15 is 0 Å². The molecule has 164 valence electrons. The first kappa shape index (κ1) is 21.2. The molecular formula is C24H15BrClN3O4. The largest absolute Gasteiger partial charge is 0.497 e. The summed E-state index contributed by atoms with van der Waals surface area (Å²) in [7, 11) is 1.54. The molecule has 0 bridgehead atoms. The molecule has 0 aliphatic carbocycles. The zero-order valence-electron chi connectivity index (χ0n) is 17.1. The zero-order valence-corrected chi connectivity index (χ0v) is 19.5. The predicted octanol–water partition coefficient (Wildman–Crippen LogP) is 6.01. The molecule has 0 saturated heterocycles. The van der Waals surface area contributed by atoms with E-state index in [0.717, 1.165) is 4.47 Å². The quantitative estimate of drug-likeness (QED) is 0.300. The molecule has 5 rings (SSSR count). The van der Waals surface area contributed by atoms with E-state index in [1.807, 2.05) is 12.1 Å². The molecule has 0 aliphatic heterocycles. The van der Waals surface area contributed by atoms with Gasteiger partial charge in [0.1, 0.15) is 22.7 Å². The van der Waals surface area contributed by atoms with Crippen molar-refractivity contribution >= 4 is 61.2 Å². The van der Waals surface area contributed by atoms with E-state index in [2.05, 4.69) is 31.2 Å². The van der Waals surface area contributed by atoms with Crippen LogP contribution in [0.1, 0.15) is 10.4 Å². The smallest absolute Gasteiger partial charge is 0.294 e. The number of rotatable bonds is 4. The second-order valence-electron chi connectivity index (χ2n) is 7.22. The number of hydrogen-bond acceptors (Lipinski definition) is 5. The second kappa shape index (κ2) is 8.38. The Kier molecular flexibility index (Phi) is 5.39. The van der Waals surface area contributed by atoms with Gasteiger partial charge in [-0.05, 0) is 54.6 Å². The summed E-state index contributed by atoms with van der Waals surface area (Å²) in [5, 5.41) is 3.83. The highest BCUT2D eigenvalue weighted by Crippen LogP contribution is 2.32. The summed E-state index contributed by atoms with van der Waals surface area (Å²) in [6, 6.07) is 17.2. The van der Waals surface area contributed by atoms with Crippen molar-refractivity contribution < 1.29 is 13.9 Å². The summed E-state index contributed by atoms with van der Waals surface area (Å²) in [5.74, 6) is 0.576. The standard InChI is InChI=1S/C24H15BrClN3O4/c1-32-15-4-2-3-12(9-15)23(30)27-14-6-7-16(18(26)11-14)22-28-20-17-10-13(25)5-8-19(17)33-21(20)24(31)29-22/h2-11H,1H3,(H,27,30)(H,28,29,31). The van der Waals surface area contributed by atoms with Crippen LogP contribution in [0.25, 0.3) is 33.5 Å². The van der Waals surface area contributed by atoms with Gasteiger partial charge in [-0.3, -0.25) is 9.59 Å². The van der Waals surface area contributed by atoms with Gasteiger partial charge in [0.15, 0.2) is 0 Å². The Bertz CT molecular complexity index is 1610. The lowest BCUT2D eigenvalue weighted by Crippen LogP contribution is -2.12. The van der Waals surface area contributed by atoms with Crippen molar-refractivity contribution in [1.29, 1.82) is 0 Å².